The summed E-state index contributed by atoms with van der Waals surface area (Å²) in [6, 6.07) is 8.71. The number of aliphatic hydroxyl groups is 2. The quantitative estimate of drug-likeness (QED) is 0.201. The Morgan fingerprint density at radius 1 is 1.02 bits per heavy atom. The maximum Gasteiger partial charge on any atom is 0.317 e. The zero-order chi connectivity index (χ0) is 35.0. The third kappa shape index (κ3) is 4.85. The molecule has 3 saturated carbocycles. The van der Waals surface area contributed by atoms with Gasteiger partial charge in [-0.05, 0) is 100 Å². The summed E-state index contributed by atoms with van der Waals surface area (Å²) in [7, 11) is 3.20. The number of furan rings is 1. The summed E-state index contributed by atoms with van der Waals surface area (Å²) in [5.74, 6) is 1.60. The first-order valence-corrected chi connectivity index (χ1v) is 17.9. The Morgan fingerprint density at radius 3 is 2.45 bits per heavy atom. The molecule has 8 unspecified atom stereocenters. The van der Waals surface area contributed by atoms with E-state index in [0.717, 1.165) is 36.8 Å². The fourth-order valence-corrected chi connectivity index (χ4v) is 11.2. The summed E-state index contributed by atoms with van der Waals surface area (Å²) in [6.45, 7) is 8.80. The van der Waals surface area contributed by atoms with Crippen LogP contribution in [0.15, 0.2) is 64.8 Å². The van der Waals surface area contributed by atoms with E-state index in [1.807, 2.05) is 32.0 Å². The third-order valence-electron chi connectivity index (χ3n) is 13.7. The van der Waals surface area contributed by atoms with Crippen LogP contribution in [0.25, 0.3) is 0 Å². The highest BCUT2D eigenvalue weighted by Gasteiger charge is 2.74. The van der Waals surface area contributed by atoms with Crippen molar-refractivity contribution >= 4 is 11.8 Å². The van der Waals surface area contributed by atoms with E-state index in [1.165, 1.54) is 0 Å². The number of ketones is 1. The molecule has 2 aromatic rings. The molecular weight excluding hydrogens is 620 g/mol. The molecule has 0 radical (unpaired) electrons. The number of rotatable bonds is 9. The van der Waals surface area contributed by atoms with Crippen LogP contribution in [0.2, 0.25) is 0 Å². The second-order valence-electron chi connectivity index (χ2n) is 16.3. The predicted octanol–water partition coefficient (Wildman–Crippen LogP) is 6.69. The number of hydrogen-bond donors (Lipinski definition) is 3. The molecule has 2 bridgehead atoms. The van der Waals surface area contributed by atoms with Crippen molar-refractivity contribution in [1.29, 1.82) is 0 Å². The van der Waals surface area contributed by atoms with Gasteiger partial charge in [0.15, 0.2) is 5.76 Å². The zero-order valence-electron chi connectivity index (χ0n) is 29.8. The topological polar surface area (TPSA) is 121 Å². The van der Waals surface area contributed by atoms with Crippen molar-refractivity contribution in [2.75, 3.05) is 20.8 Å². The first-order valence-electron chi connectivity index (χ1n) is 17.9. The van der Waals surface area contributed by atoms with Crippen molar-refractivity contribution in [3.8, 4) is 11.5 Å². The van der Waals surface area contributed by atoms with Crippen LogP contribution in [0.3, 0.4) is 0 Å². The van der Waals surface area contributed by atoms with E-state index in [-0.39, 0.29) is 48.2 Å². The molecule has 1 heterocycles. The number of carbonyl (C=O) groups is 2. The number of nitrogens with one attached hydrogen (secondary N) is 1. The Kier molecular flexibility index (Phi) is 8.14. The Balaban J connectivity index is 1.29. The molecule has 2 amide bonds. The zero-order valence-corrected chi connectivity index (χ0v) is 29.8. The lowest BCUT2D eigenvalue weighted by molar-refractivity contribution is -0.175. The molecule has 3 N–H and O–H groups in total. The Morgan fingerprint density at radius 2 is 1.76 bits per heavy atom. The van der Waals surface area contributed by atoms with Gasteiger partial charge in [0.2, 0.25) is 5.78 Å². The van der Waals surface area contributed by atoms with Crippen LogP contribution in [0.1, 0.15) is 88.8 Å². The van der Waals surface area contributed by atoms with Gasteiger partial charge >= 0.3 is 6.03 Å². The maximum absolute atomic E-state index is 14.5. The number of fused-ring (bicyclic) bond motifs is 1. The molecule has 1 aromatic carbocycles. The standard InChI is InChI=1S/C40H52N2O7/c1-25(2)41-35(45)42(23-26-9-10-28(47-5)20-31(26)48-6)24-39(46)16-13-33-37(39,4)15-12-32-36(3)14-11-27(43)21-38(36)17-18-40(32,33)29(22-38)34(44)30-8-7-19-49-30/h7-10,17-20,22,25,27,32-33,43,46H,11-16,21,23-24H2,1-6H3,(H,41,45). The summed E-state index contributed by atoms with van der Waals surface area (Å²) in [5.41, 5.74) is -1.41. The van der Waals surface area contributed by atoms with Gasteiger partial charge < -0.3 is 34.3 Å². The lowest BCUT2D eigenvalue weighted by Crippen LogP contribution is -2.67. The van der Waals surface area contributed by atoms with Crippen molar-refractivity contribution in [3.63, 3.8) is 0 Å². The average molecular weight is 673 g/mol. The van der Waals surface area contributed by atoms with E-state index < -0.39 is 27.9 Å². The van der Waals surface area contributed by atoms with E-state index in [2.05, 4.69) is 37.4 Å². The number of ether oxygens (including phenoxy) is 2. The van der Waals surface area contributed by atoms with Gasteiger partial charge in [0.1, 0.15) is 11.5 Å². The van der Waals surface area contributed by atoms with Crippen LogP contribution in [-0.4, -0.2) is 65.4 Å². The number of aliphatic hydroxyl groups excluding tert-OH is 1. The average Bonchev–Trinajstić information content (AvgIpc) is 3.70. The van der Waals surface area contributed by atoms with Crippen LogP contribution in [0.5, 0.6) is 11.5 Å². The number of nitrogens with zero attached hydrogens (tertiary/aromatic N) is 1. The summed E-state index contributed by atoms with van der Waals surface area (Å²) >= 11 is 0. The predicted molar refractivity (Wildman–Crippen MR) is 185 cm³/mol. The van der Waals surface area contributed by atoms with Crippen molar-refractivity contribution in [3.05, 3.63) is 71.7 Å². The molecule has 8 atom stereocenters. The molecule has 9 nitrogen and oxygen atoms in total. The summed E-state index contributed by atoms with van der Waals surface area (Å²) < 4.78 is 16.8. The summed E-state index contributed by atoms with van der Waals surface area (Å²) in [5, 5.41) is 27.0. The number of amides is 2. The molecule has 3 fully saturated rings. The molecular formula is C40H52N2O7. The second kappa shape index (κ2) is 11.8. The van der Waals surface area contributed by atoms with Crippen LogP contribution in [-0.2, 0) is 6.54 Å². The van der Waals surface area contributed by atoms with Crippen molar-refractivity contribution < 1.29 is 33.7 Å². The Bertz CT molecular complexity index is 1680. The Labute approximate surface area is 289 Å². The number of Topliss-reactive ketones (excluding diaryl/α,β-unsaturated/α-hetero) is 1. The normalized spacial score (nSPS) is 37.2. The molecule has 6 aliphatic rings. The van der Waals surface area contributed by atoms with Crippen molar-refractivity contribution in [2.24, 2.45) is 33.5 Å². The lowest BCUT2D eigenvalue weighted by Gasteiger charge is -2.71. The van der Waals surface area contributed by atoms with Crippen LogP contribution < -0.4 is 14.8 Å². The smallest absolute Gasteiger partial charge is 0.317 e. The molecule has 264 valence electrons. The molecule has 9 heteroatoms. The van der Waals surface area contributed by atoms with Crippen LogP contribution >= 0.6 is 0 Å². The molecule has 0 saturated heterocycles. The van der Waals surface area contributed by atoms with Gasteiger partial charge in [-0.15, -0.1) is 0 Å². The number of allylic oxidation sites excluding steroid dienone is 4. The summed E-state index contributed by atoms with van der Waals surface area (Å²) in [4.78, 5) is 30.1. The van der Waals surface area contributed by atoms with E-state index in [1.54, 1.807) is 37.5 Å². The Hall–Kier alpha value is -3.56. The molecule has 1 aromatic heterocycles. The molecule has 0 aliphatic heterocycles. The van der Waals surface area contributed by atoms with Gasteiger partial charge in [-0.3, -0.25) is 4.79 Å². The SMILES string of the molecule is COc1ccc(CN(CC2(O)CCC3C45C=CC6(C=C4C(=O)c4ccco4)CC(O)CCC6(C)C5CCC32C)C(=O)NC(C)C)c(OC)c1. The van der Waals surface area contributed by atoms with Gasteiger partial charge in [0, 0.05) is 39.5 Å². The van der Waals surface area contributed by atoms with Gasteiger partial charge in [0.05, 0.1) is 45.3 Å². The van der Waals surface area contributed by atoms with E-state index in [0.29, 0.717) is 36.5 Å². The number of carbonyl (C=O) groups excluding carboxylic acids is 2. The highest BCUT2D eigenvalue weighted by Crippen LogP contribution is 2.78. The van der Waals surface area contributed by atoms with E-state index in [4.69, 9.17) is 13.9 Å². The summed E-state index contributed by atoms with van der Waals surface area (Å²) in [6.07, 6.45) is 13.0. The second-order valence-corrected chi connectivity index (χ2v) is 16.3. The van der Waals surface area contributed by atoms with Gasteiger partial charge in [-0.25, -0.2) is 4.79 Å². The van der Waals surface area contributed by atoms with E-state index in [9.17, 15) is 19.8 Å². The highest BCUT2D eigenvalue weighted by molar-refractivity contribution is 6.08. The minimum absolute atomic E-state index is 0.0438. The fraction of sp³-hybridized carbons (Fsp3) is 0.600. The fourth-order valence-electron chi connectivity index (χ4n) is 11.2. The first-order chi connectivity index (χ1) is 23.3. The van der Waals surface area contributed by atoms with Crippen molar-refractivity contribution in [2.45, 2.75) is 96.9 Å². The van der Waals surface area contributed by atoms with Gasteiger partial charge in [0.25, 0.3) is 0 Å². The molecule has 8 rings (SSSR count). The van der Waals surface area contributed by atoms with Crippen LogP contribution in [0.4, 0.5) is 4.79 Å². The van der Waals surface area contributed by atoms with Crippen LogP contribution in [0, 0.1) is 33.5 Å². The van der Waals surface area contributed by atoms with Gasteiger partial charge in [-0.2, -0.15) is 0 Å². The highest BCUT2D eigenvalue weighted by atomic mass is 16.5. The monoisotopic (exact) mass is 672 g/mol. The van der Waals surface area contributed by atoms with Gasteiger partial charge in [-0.1, -0.05) is 32.1 Å². The third-order valence-corrected chi connectivity index (χ3v) is 13.7. The lowest BCUT2D eigenvalue weighted by atomic mass is 9.32. The molecule has 2 spiro atoms. The number of urea groups is 1. The first kappa shape index (κ1) is 33.9. The number of hydrogen-bond acceptors (Lipinski definition) is 7. The minimum atomic E-state index is -1.21. The molecule has 49 heavy (non-hydrogen) atoms. The minimum Gasteiger partial charge on any atom is -0.497 e. The maximum atomic E-state index is 14.5. The number of methoxy groups -OCH3 is 2. The largest absolute Gasteiger partial charge is 0.497 e. The number of benzene rings is 1. The van der Waals surface area contributed by atoms with Crippen molar-refractivity contribution in [1.82, 2.24) is 10.2 Å². The van der Waals surface area contributed by atoms with E-state index >= 15 is 0 Å². The molecule has 6 aliphatic carbocycles.